The molecule has 0 aliphatic carbocycles. The monoisotopic (exact) mass is 427 g/mol. The largest absolute Gasteiger partial charge is 0.358 e. The highest BCUT2D eigenvalue weighted by molar-refractivity contribution is 5.90. The van der Waals surface area contributed by atoms with Crippen molar-refractivity contribution in [3.8, 4) is 0 Å². The van der Waals surface area contributed by atoms with E-state index < -0.39 is 0 Å². The van der Waals surface area contributed by atoms with Gasteiger partial charge in [-0.2, -0.15) is 0 Å². The fraction of sp³-hybridized carbons (Fsp3) is 0.222. The SMILES string of the molecule is Cc1cc(C)cc(NC(=O)N2CCc3c([nH]c4ccccc34)C(c3ccccc3F)C2)c1. The molecule has 5 heteroatoms. The van der Waals surface area contributed by atoms with E-state index in [1.165, 1.54) is 6.07 Å². The van der Waals surface area contributed by atoms with Crippen LogP contribution in [0.2, 0.25) is 0 Å². The van der Waals surface area contributed by atoms with E-state index in [4.69, 9.17) is 0 Å². The summed E-state index contributed by atoms with van der Waals surface area (Å²) in [6.45, 7) is 4.99. The maximum Gasteiger partial charge on any atom is 0.321 e. The van der Waals surface area contributed by atoms with Gasteiger partial charge in [0.25, 0.3) is 0 Å². The lowest BCUT2D eigenvalue weighted by Gasteiger charge is -2.26. The fourth-order valence-electron chi connectivity index (χ4n) is 4.88. The number of carbonyl (C=O) groups is 1. The molecule has 2 heterocycles. The number of para-hydroxylation sites is 1. The summed E-state index contributed by atoms with van der Waals surface area (Å²) < 4.78 is 14.9. The number of benzene rings is 3. The molecule has 32 heavy (non-hydrogen) atoms. The molecule has 0 saturated carbocycles. The predicted octanol–water partition coefficient (Wildman–Crippen LogP) is 6.15. The second-order valence-corrected chi connectivity index (χ2v) is 8.64. The van der Waals surface area contributed by atoms with E-state index in [0.717, 1.165) is 39.0 Å². The molecular formula is C27H26FN3O. The minimum Gasteiger partial charge on any atom is -0.358 e. The molecule has 2 amide bonds. The number of carbonyl (C=O) groups excluding carboxylic acids is 1. The molecule has 2 N–H and O–H groups in total. The van der Waals surface area contributed by atoms with Crippen molar-refractivity contribution in [1.82, 2.24) is 9.88 Å². The molecule has 1 aliphatic heterocycles. The van der Waals surface area contributed by atoms with Crippen LogP contribution in [-0.4, -0.2) is 29.0 Å². The van der Waals surface area contributed by atoms with Crippen LogP contribution in [0, 0.1) is 19.7 Å². The molecule has 1 aromatic heterocycles. The Kier molecular flexibility index (Phi) is 5.17. The van der Waals surface area contributed by atoms with Crippen LogP contribution in [-0.2, 0) is 6.42 Å². The highest BCUT2D eigenvalue weighted by atomic mass is 19.1. The van der Waals surface area contributed by atoms with Gasteiger partial charge >= 0.3 is 6.03 Å². The van der Waals surface area contributed by atoms with Crippen LogP contribution in [0.25, 0.3) is 10.9 Å². The average Bonchev–Trinajstić information content (AvgIpc) is 3.01. The summed E-state index contributed by atoms with van der Waals surface area (Å²) in [4.78, 5) is 18.6. The number of hydrogen-bond acceptors (Lipinski definition) is 1. The topological polar surface area (TPSA) is 48.1 Å². The number of rotatable bonds is 2. The van der Waals surface area contributed by atoms with E-state index in [1.807, 2.05) is 56.3 Å². The molecule has 1 unspecified atom stereocenters. The normalized spacial score (nSPS) is 16.0. The van der Waals surface area contributed by atoms with Crippen molar-refractivity contribution >= 4 is 22.6 Å². The molecule has 0 radical (unpaired) electrons. The summed E-state index contributed by atoms with van der Waals surface area (Å²) in [5, 5.41) is 4.19. The zero-order valence-corrected chi connectivity index (χ0v) is 18.3. The Labute approximate surface area is 187 Å². The van der Waals surface area contributed by atoms with Crippen LogP contribution in [0.4, 0.5) is 14.9 Å². The number of halogens is 1. The molecular weight excluding hydrogens is 401 g/mol. The van der Waals surface area contributed by atoms with Crippen LogP contribution >= 0.6 is 0 Å². The van der Waals surface area contributed by atoms with Crippen molar-refractivity contribution in [2.75, 3.05) is 18.4 Å². The Bertz CT molecular complexity index is 1290. The number of nitrogens with one attached hydrogen (secondary N) is 2. The van der Waals surface area contributed by atoms with Crippen molar-refractivity contribution in [3.63, 3.8) is 0 Å². The Morgan fingerprint density at radius 3 is 2.53 bits per heavy atom. The third kappa shape index (κ3) is 3.75. The van der Waals surface area contributed by atoms with Crippen molar-refractivity contribution in [2.45, 2.75) is 26.2 Å². The van der Waals surface area contributed by atoms with Crippen molar-refractivity contribution in [2.24, 2.45) is 0 Å². The summed E-state index contributed by atoms with van der Waals surface area (Å²) >= 11 is 0. The summed E-state index contributed by atoms with van der Waals surface area (Å²) in [7, 11) is 0. The molecule has 0 spiro atoms. The van der Waals surface area contributed by atoms with Gasteiger partial charge in [-0.3, -0.25) is 0 Å². The first-order valence-electron chi connectivity index (χ1n) is 11.0. The number of urea groups is 1. The lowest BCUT2D eigenvalue weighted by Crippen LogP contribution is -2.38. The van der Waals surface area contributed by atoms with Crippen molar-refractivity contribution < 1.29 is 9.18 Å². The van der Waals surface area contributed by atoms with Gasteiger partial charge < -0.3 is 15.2 Å². The predicted molar refractivity (Wildman–Crippen MR) is 127 cm³/mol. The summed E-state index contributed by atoms with van der Waals surface area (Å²) in [5.74, 6) is -0.523. The van der Waals surface area contributed by atoms with Crippen LogP contribution in [0.15, 0.2) is 66.7 Å². The number of fused-ring (bicyclic) bond motifs is 3. The third-order valence-electron chi connectivity index (χ3n) is 6.27. The van der Waals surface area contributed by atoms with Gasteiger partial charge in [-0.15, -0.1) is 0 Å². The second-order valence-electron chi connectivity index (χ2n) is 8.64. The van der Waals surface area contributed by atoms with E-state index in [9.17, 15) is 9.18 Å². The van der Waals surface area contributed by atoms with Gasteiger partial charge in [-0.1, -0.05) is 42.5 Å². The maximum atomic E-state index is 14.9. The number of amides is 2. The van der Waals surface area contributed by atoms with Gasteiger partial charge in [0, 0.05) is 41.3 Å². The van der Waals surface area contributed by atoms with Gasteiger partial charge in [-0.05, 0) is 66.8 Å². The third-order valence-corrected chi connectivity index (χ3v) is 6.27. The first-order chi connectivity index (χ1) is 15.5. The van der Waals surface area contributed by atoms with Crippen LogP contribution in [0.5, 0.6) is 0 Å². The van der Waals surface area contributed by atoms with E-state index >= 15 is 0 Å². The standard InChI is InChI=1S/C27H26FN3O/c1-17-13-18(2)15-19(14-17)29-27(32)31-12-11-22-21-8-4-6-10-25(21)30-26(22)23(16-31)20-7-3-5-9-24(20)28/h3-10,13-15,23,30H,11-12,16H2,1-2H3,(H,29,32). The van der Waals surface area contributed by atoms with Crippen molar-refractivity contribution in [3.05, 3.63) is 100 Å². The lowest BCUT2D eigenvalue weighted by atomic mass is 9.92. The highest BCUT2D eigenvalue weighted by Crippen LogP contribution is 2.36. The molecule has 0 saturated heterocycles. The number of anilines is 1. The zero-order chi connectivity index (χ0) is 22.2. The first kappa shape index (κ1) is 20.3. The van der Waals surface area contributed by atoms with E-state index in [1.54, 1.807) is 11.0 Å². The molecule has 3 aromatic carbocycles. The molecule has 1 aliphatic rings. The molecule has 0 fully saturated rings. The van der Waals surface area contributed by atoms with Crippen molar-refractivity contribution in [1.29, 1.82) is 0 Å². The number of aryl methyl sites for hydroxylation is 2. The fourth-order valence-corrected chi connectivity index (χ4v) is 4.88. The summed E-state index contributed by atoms with van der Waals surface area (Å²) in [6.07, 6.45) is 0.713. The molecule has 4 nitrogen and oxygen atoms in total. The van der Waals surface area contributed by atoms with E-state index in [0.29, 0.717) is 25.1 Å². The van der Waals surface area contributed by atoms with Gasteiger partial charge in [0.2, 0.25) is 0 Å². The smallest absolute Gasteiger partial charge is 0.321 e. The molecule has 162 valence electrons. The number of aromatic amines is 1. The van der Waals surface area contributed by atoms with Gasteiger partial charge in [-0.25, -0.2) is 9.18 Å². The maximum absolute atomic E-state index is 14.9. The van der Waals surface area contributed by atoms with E-state index in [2.05, 4.69) is 22.4 Å². The molecule has 4 aromatic rings. The zero-order valence-electron chi connectivity index (χ0n) is 18.3. The average molecular weight is 428 g/mol. The summed E-state index contributed by atoms with van der Waals surface area (Å²) in [6, 6.07) is 20.9. The molecule has 5 rings (SSSR count). The summed E-state index contributed by atoms with van der Waals surface area (Å²) in [5.41, 5.74) is 6.79. The quantitative estimate of drug-likeness (QED) is 0.396. The van der Waals surface area contributed by atoms with Gasteiger partial charge in [0.15, 0.2) is 0 Å². The van der Waals surface area contributed by atoms with E-state index in [-0.39, 0.29) is 17.8 Å². The Balaban J connectivity index is 1.52. The number of hydrogen-bond donors (Lipinski definition) is 2. The van der Waals surface area contributed by atoms with Crippen LogP contribution < -0.4 is 5.32 Å². The second kappa shape index (κ2) is 8.15. The van der Waals surface area contributed by atoms with Gasteiger partial charge in [0.1, 0.15) is 5.82 Å². The Hall–Kier alpha value is -3.60. The Morgan fingerprint density at radius 2 is 1.75 bits per heavy atom. The van der Waals surface area contributed by atoms with Gasteiger partial charge in [0.05, 0.1) is 0 Å². The molecule has 1 atom stereocenters. The minimum absolute atomic E-state index is 0.161. The Morgan fingerprint density at radius 1 is 1.03 bits per heavy atom. The molecule has 0 bridgehead atoms. The van der Waals surface area contributed by atoms with Crippen LogP contribution in [0.3, 0.4) is 0 Å². The number of nitrogens with zero attached hydrogens (tertiary/aromatic N) is 1. The number of H-pyrrole nitrogens is 1. The minimum atomic E-state index is -0.272. The highest BCUT2D eigenvalue weighted by Gasteiger charge is 2.31. The van der Waals surface area contributed by atoms with Crippen LogP contribution in [0.1, 0.15) is 33.9 Å². The number of aromatic nitrogens is 1. The first-order valence-corrected chi connectivity index (χ1v) is 11.0. The lowest BCUT2D eigenvalue weighted by molar-refractivity contribution is 0.212.